The maximum absolute atomic E-state index is 5.54. The maximum atomic E-state index is 5.54. The lowest BCUT2D eigenvalue weighted by Gasteiger charge is -2.24. The minimum absolute atomic E-state index is 0.385. The molecule has 0 fully saturated rings. The molecule has 2 nitrogen and oxygen atoms in total. The minimum Gasteiger partial charge on any atom is -0.493 e. The van der Waals surface area contributed by atoms with Crippen LogP contribution in [0.4, 0.5) is 0 Å². The van der Waals surface area contributed by atoms with Crippen molar-refractivity contribution in [3.05, 3.63) is 65.2 Å². The summed E-state index contributed by atoms with van der Waals surface area (Å²) in [5.74, 6) is 1.99. The number of methoxy groups -OCH3 is 2. The van der Waals surface area contributed by atoms with Gasteiger partial charge in [-0.25, -0.2) is 0 Å². The van der Waals surface area contributed by atoms with E-state index in [0.29, 0.717) is 5.92 Å². The average molecular weight is 266 g/mol. The lowest BCUT2D eigenvalue weighted by molar-refractivity contribution is 0.353. The Kier molecular flexibility index (Phi) is 3.46. The molecule has 1 atom stereocenters. The molecule has 2 heteroatoms. The van der Waals surface area contributed by atoms with Crippen LogP contribution >= 0.6 is 0 Å². The van der Waals surface area contributed by atoms with E-state index in [2.05, 4.69) is 48.6 Å². The quantitative estimate of drug-likeness (QED) is 0.826. The molecule has 1 aliphatic carbocycles. The van der Waals surface area contributed by atoms with Crippen LogP contribution in [0.5, 0.6) is 11.5 Å². The van der Waals surface area contributed by atoms with Gasteiger partial charge in [0.15, 0.2) is 11.5 Å². The third-order valence-corrected chi connectivity index (χ3v) is 3.85. The molecule has 20 heavy (non-hydrogen) atoms. The van der Waals surface area contributed by atoms with Crippen molar-refractivity contribution < 1.29 is 9.47 Å². The Bertz CT molecular complexity index is 629. The molecule has 0 aliphatic heterocycles. The van der Waals surface area contributed by atoms with Crippen LogP contribution in [-0.4, -0.2) is 14.2 Å². The Hall–Kier alpha value is -2.22. The van der Waals surface area contributed by atoms with Gasteiger partial charge in [0.05, 0.1) is 14.2 Å². The first-order valence-corrected chi connectivity index (χ1v) is 6.81. The van der Waals surface area contributed by atoms with Crippen molar-refractivity contribution in [2.45, 2.75) is 12.3 Å². The van der Waals surface area contributed by atoms with E-state index in [-0.39, 0.29) is 0 Å². The molecule has 102 valence electrons. The highest BCUT2D eigenvalue weighted by Gasteiger charge is 2.23. The van der Waals surface area contributed by atoms with E-state index in [1.54, 1.807) is 14.2 Å². The highest BCUT2D eigenvalue weighted by Crippen LogP contribution is 2.43. The Morgan fingerprint density at radius 2 is 1.75 bits per heavy atom. The summed E-state index contributed by atoms with van der Waals surface area (Å²) in [7, 11) is 3.36. The summed E-state index contributed by atoms with van der Waals surface area (Å²) in [4.78, 5) is 0. The maximum Gasteiger partial charge on any atom is 0.168 e. The van der Waals surface area contributed by atoms with E-state index in [9.17, 15) is 0 Å². The van der Waals surface area contributed by atoms with Crippen molar-refractivity contribution in [3.63, 3.8) is 0 Å². The molecule has 3 rings (SSSR count). The zero-order valence-corrected chi connectivity index (χ0v) is 11.8. The first-order chi connectivity index (χ1) is 9.85. The zero-order chi connectivity index (χ0) is 13.9. The number of hydrogen-bond acceptors (Lipinski definition) is 2. The molecule has 0 radical (unpaired) electrons. The van der Waals surface area contributed by atoms with Gasteiger partial charge >= 0.3 is 0 Å². The summed E-state index contributed by atoms with van der Waals surface area (Å²) in [6, 6.07) is 14.7. The Balaban J connectivity index is 2.13. The summed E-state index contributed by atoms with van der Waals surface area (Å²) in [5, 5.41) is 0. The standard InChI is InChI=1S/C18H18O2/c1-19-17-12-11-15-14(13-7-4-3-5-8-13)9-6-10-16(15)18(17)20-2/h3-8,10-12,14H,9H2,1-2H3/t14-/m1/s1. The van der Waals surface area contributed by atoms with Gasteiger partial charge in [0.2, 0.25) is 0 Å². The predicted molar refractivity (Wildman–Crippen MR) is 81.5 cm³/mol. The second-order valence-electron chi connectivity index (χ2n) is 4.91. The molecule has 0 aromatic heterocycles. The van der Waals surface area contributed by atoms with Crippen molar-refractivity contribution >= 4 is 6.08 Å². The van der Waals surface area contributed by atoms with E-state index >= 15 is 0 Å². The van der Waals surface area contributed by atoms with Gasteiger partial charge in [-0.05, 0) is 23.6 Å². The lowest BCUT2D eigenvalue weighted by atomic mass is 9.82. The fourth-order valence-electron chi connectivity index (χ4n) is 2.89. The zero-order valence-electron chi connectivity index (χ0n) is 11.8. The summed E-state index contributed by atoms with van der Waals surface area (Å²) in [6.45, 7) is 0. The van der Waals surface area contributed by atoms with Gasteiger partial charge in [-0.2, -0.15) is 0 Å². The van der Waals surface area contributed by atoms with E-state index < -0.39 is 0 Å². The third-order valence-electron chi connectivity index (χ3n) is 3.85. The number of benzene rings is 2. The fourth-order valence-corrected chi connectivity index (χ4v) is 2.89. The molecule has 1 aliphatic rings. The second kappa shape index (κ2) is 5.41. The summed E-state index contributed by atoms with van der Waals surface area (Å²) >= 11 is 0. The van der Waals surface area contributed by atoms with Crippen molar-refractivity contribution in [1.29, 1.82) is 0 Å². The average Bonchev–Trinajstić information content (AvgIpc) is 2.53. The van der Waals surface area contributed by atoms with Crippen LogP contribution in [0.25, 0.3) is 6.08 Å². The van der Waals surface area contributed by atoms with E-state index in [1.807, 2.05) is 6.07 Å². The monoisotopic (exact) mass is 266 g/mol. The molecular formula is C18H18O2. The largest absolute Gasteiger partial charge is 0.493 e. The Labute approximate surface area is 119 Å². The Morgan fingerprint density at radius 3 is 2.45 bits per heavy atom. The molecule has 0 saturated heterocycles. The molecule has 2 aromatic rings. The van der Waals surface area contributed by atoms with Crippen LogP contribution < -0.4 is 9.47 Å². The van der Waals surface area contributed by atoms with E-state index in [0.717, 1.165) is 23.5 Å². The smallest absolute Gasteiger partial charge is 0.168 e. The first-order valence-electron chi connectivity index (χ1n) is 6.81. The molecule has 2 aromatic carbocycles. The molecule has 0 amide bonds. The van der Waals surface area contributed by atoms with Crippen LogP contribution in [0.15, 0.2) is 48.5 Å². The summed E-state index contributed by atoms with van der Waals surface area (Å²) in [6.07, 6.45) is 5.37. The van der Waals surface area contributed by atoms with Crippen molar-refractivity contribution in [3.8, 4) is 11.5 Å². The molecule has 0 spiro atoms. The SMILES string of the molecule is COc1ccc2c(c1OC)C=CC[C@@H]2c1ccccc1. The number of rotatable bonds is 3. The van der Waals surface area contributed by atoms with E-state index in [1.165, 1.54) is 11.1 Å². The van der Waals surface area contributed by atoms with Gasteiger partial charge in [0.25, 0.3) is 0 Å². The highest BCUT2D eigenvalue weighted by molar-refractivity contribution is 5.69. The molecule has 0 saturated carbocycles. The van der Waals surface area contributed by atoms with Gasteiger partial charge < -0.3 is 9.47 Å². The molecule has 0 N–H and O–H groups in total. The van der Waals surface area contributed by atoms with Gasteiger partial charge in [0, 0.05) is 11.5 Å². The number of fused-ring (bicyclic) bond motifs is 1. The van der Waals surface area contributed by atoms with Gasteiger partial charge in [-0.15, -0.1) is 0 Å². The van der Waals surface area contributed by atoms with Crippen molar-refractivity contribution in [1.82, 2.24) is 0 Å². The highest BCUT2D eigenvalue weighted by atomic mass is 16.5. The number of hydrogen-bond donors (Lipinski definition) is 0. The lowest BCUT2D eigenvalue weighted by Crippen LogP contribution is -2.07. The van der Waals surface area contributed by atoms with E-state index in [4.69, 9.17) is 9.47 Å². The Morgan fingerprint density at radius 1 is 0.950 bits per heavy atom. The van der Waals surface area contributed by atoms with Crippen LogP contribution in [0.3, 0.4) is 0 Å². The van der Waals surface area contributed by atoms with Gasteiger partial charge in [0.1, 0.15) is 0 Å². The summed E-state index contributed by atoms with van der Waals surface area (Å²) < 4.78 is 10.9. The second-order valence-corrected chi connectivity index (χ2v) is 4.91. The van der Waals surface area contributed by atoms with Crippen LogP contribution in [-0.2, 0) is 0 Å². The molecule has 0 unspecified atom stereocenters. The van der Waals surface area contributed by atoms with Crippen LogP contribution in [0.2, 0.25) is 0 Å². The first kappa shape index (κ1) is 12.8. The number of ether oxygens (including phenoxy) is 2. The molecular weight excluding hydrogens is 248 g/mol. The van der Waals surface area contributed by atoms with Crippen LogP contribution in [0.1, 0.15) is 29.0 Å². The van der Waals surface area contributed by atoms with Crippen molar-refractivity contribution in [2.24, 2.45) is 0 Å². The molecule has 0 bridgehead atoms. The normalized spacial score (nSPS) is 16.6. The fraction of sp³-hybridized carbons (Fsp3) is 0.222. The van der Waals surface area contributed by atoms with Gasteiger partial charge in [-0.1, -0.05) is 48.6 Å². The predicted octanol–water partition coefficient (Wildman–Crippen LogP) is 4.25. The van der Waals surface area contributed by atoms with Crippen LogP contribution in [0, 0.1) is 0 Å². The summed E-state index contributed by atoms with van der Waals surface area (Å²) in [5.41, 5.74) is 3.77. The minimum atomic E-state index is 0.385. The van der Waals surface area contributed by atoms with Crippen molar-refractivity contribution in [2.75, 3.05) is 14.2 Å². The third kappa shape index (κ3) is 2.07. The topological polar surface area (TPSA) is 18.5 Å². The van der Waals surface area contributed by atoms with Gasteiger partial charge in [-0.3, -0.25) is 0 Å². The number of allylic oxidation sites excluding steroid dienone is 1. The molecule has 0 heterocycles.